The SMILES string of the molecule is CCCCN(CC(=O)NCC(=O)Nc1ccc(C)cc1)C(=O)c1ccncc1. The van der Waals surface area contributed by atoms with Crippen molar-refractivity contribution in [2.45, 2.75) is 26.7 Å². The topological polar surface area (TPSA) is 91.4 Å². The van der Waals surface area contributed by atoms with E-state index in [9.17, 15) is 14.4 Å². The summed E-state index contributed by atoms with van der Waals surface area (Å²) in [7, 11) is 0. The van der Waals surface area contributed by atoms with Gasteiger partial charge in [0.1, 0.15) is 0 Å². The summed E-state index contributed by atoms with van der Waals surface area (Å²) in [5.74, 6) is -0.926. The first kappa shape index (κ1) is 21.1. The van der Waals surface area contributed by atoms with E-state index in [4.69, 9.17) is 0 Å². The Bertz CT molecular complexity index is 791. The van der Waals surface area contributed by atoms with Gasteiger partial charge in [0.05, 0.1) is 13.1 Å². The molecule has 7 nitrogen and oxygen atoms in total. The number of anilines is 1. The van der Waals surface area contributed by atoms with Crippen molar-refractivity contribution in [3.63, 3.8) is 0 Å². The van der Waals surface area contributed by atoms with Gasteiger partial charge in [-0.15, -0.1) is 0 Å². The van der Waals surface area contributed by atoms with Crippen LogP contribution in [0, 0.1) is 6.92 Å². The number of carbonyl (C=O) groups excluding carboxylic acids is 3. The summed E-state index contributed by atoms with van der Waals surface area (Å²) in [6.45, 7) is 4.20. The van der Waals surface area contributed by atoms with Crippen molar-refractivity contribution in [1.29, 1.82) is 0 Å². The van der Waals surface area contributed by atoms with E-state index >= 15 is 0 Å². The van der Waals surface area contributed by atoms with Crippen LogP contribution in [-0.2, 0) is 9.59 Å². The number of rotatable bonds is 9. The highest BCUT2D eigenvalue weighted by atomic mass is 16.2. The summed E-state index contributed by atoms with van der Waals surface area (Å²) in [6, 6.07) is 10.6. The zero-order valence-electron chi connectivity index (χ0n) is 16.3. The Hall–Kier alpha value is -3.22. The van der Waals surface area contributed by atoms with Crippen molar-refractivity contribution in [2.75, 3.05) is 25.0 Å². The van der Waals surface area contributed by atoms with Gasteiger partial charge in [-0.25, -0.2) is 0 Å². The van der Waals surface area contributed by atoms with E-state index in [1.165, 1.54) is 4.90 Å². The highest BCUT2D eigenvalue weighted by Gasteiger charge is 2.18. The van der Waals surface area contributed by atoms with Crippen LogP contribution in [0.3, 0.4) is 0 Å². The summed E-state index contributed by atoms with van der Waals surface area (Å²) >= 11 is 0. The van der Waals surface area contributed by atoms with Crippen LogP contribution in [0.1, 0.15) is 35.7 Å². The van der Waals surface area contributed by atoms with Gasteiger partial charge < -0.3 is 15.5 Å². The monoisotopic (exact) mass is 382 g/mol. The van der Waals surface area contributed by atoms with Gasteiger partial charge in [-0.3, -0.25) is 19.4 Å². The first-order valence-corrected chi connectivity index (χ1v) is 9.32. The van der Waals surface area contributed by atoms with E-state index in [2.05, 4.69) is 15.6 Å². The number of aryl methyl sites for hydroxylation is 1. The second kappa shape index (κ2) is 10.8. The number of nitrogens with zero attached hydrogens (tertiary/aromatic N) is 2. The number of pyridine rings is 1. The summed E-state index contributed by atoms with van der Waals surface area (Å²) in [5.41, 5.74) is 2.25. The molecule has 2 N–H and O–H groups in total. The molecule has 0 aliphatic heterocycles. The van der Waals surface area contributed by atoms with Crippen LogP contribution < -0.4 is 10.6 Å². The third-order valence-corrected chi connectivity index (χ3v) is 4.11. The van der Waals surface area contributed by atoms with E-state index < -0.39 is 0 Å². The summed E-state index contributed by atoms with van der Waals surface area (Å²) in [5, 5.41) is 5.29. The Morgan fingerprint density at radius 3 is 2.32 bits per heavy atom. The Balaban J connectivity index is 1.87. The maximum atomic E-state index is 12.6. The Kier molecular flexibility index (Phi) is 8.14. The number of hydrogen-bond acceptors (Lipinski definition) is 4. The zero-order chi connectivity index (χ0) is 20.4. The van der Waals surface area contributed by atoms with Crippen molar-refractivity contribution in [1.82, 2.24) is 15.2 Å². The van der Waals surface area contributed by atoms with Crippen LogP contribution in [0.15, 0.2) is 48.8 Å². The summed E-state index contributed by atoms with van der Waals surface area (Å²) < 4.78 is 0. The second-order valence-corrected chi connectivity index (χ2v) is 6.51. The molecule has 0 aliphatic carbocycles. The van der Waals surface area contributed by atoms with Gasteiger partial charge in [-0.2, -0.15) is 0 Å². The molecule has 0 saturated carbocycles. The number of hydrogen-bond donors (Lipinski definition) is 2. The highest BCUT2D eigenvalue weighted by Crippen LogP contribution is 2.08. The van der Waals surface area contributed by atoms with E-state index in [1.54, 1.807) is 36.7 Å². The van der Waals surface area contributed by atoms with Gasteiger partial charge in [0.15, 0.2) is 0 Å². The molecular formula is C21H26N4O3. The number of amides is 3. The molecule has 2 rings (SSSR count). The van der Waals surface area contributed by atoms with Crippen molar-refractivity contribution in [2.24, 2.45) is 0 Å². The average molecular weight is 382 g/mol. The Morgan fingerprint density at radius 1 is 1.00 bits per heavy atom. The van der Waals surface area contributed by atoms with Gasteiger partial charge >= 0.3 is 0 Å². The second-order valence-electron chi connectivity index (χ2n) is 6.51. The fourth-order valence-electron chi connectivity index (χ4n) is 2.53. The molecule has 3 amide bonds. The number of carbonyl (C=O) groups is 3. The lowest BCUT2D eigenvalue weighted by Gasteiger charge is -2.22. The first-order chi connectivity index (χ1) is 13.5. The van der Waals surface area contributed by atoms with E-state index in [-0.39, 0.29) is 30.8 Å². The molecule has 2 aromatic rings. The third kappa shape index (κ3) is 6.83. The molecule has 1 aromatic carbocycles. The van der Waals surface area contributed by atoms with Gasteiger partial charge in [-0.05, 0) is 37.6 Å². The van der Waals surface area contributed by atoms with Crippen LogP contribution in [0.5, 0.6) is 0 Å². The van der Waals surface area contributed by atoms with Gasteiger partial charge in [0.25, 0.3) is 5.91 Å². The molecular weight excluding hydrogens is 356 g/mol. The highest BCUT2D eigenvalue weighted by molar-refractivity contribution is 5.98. The molecule has 1 heterocycles. The number of aromatic nitrogens is 1. The Morgan fingerprint density at radius 2 is 1.68 bits per heavy atom. The molecule has 0 unspecified atom stereocenters. The minimum atomic E-state index is -0.377. The summed E-state index contributed by atoms with van der Waals surface area (Å²) in [6.07, 6.45) is 4.78. The standard InChI is InChI=1S/C21H26N4O3/c1-3-4-13-25(21(28)17-9-11-22-12-10-17)15-20(27)23-14-19(26)24-18-7-5-16(2)6-8-18/h5-12H,3-4,13-15H2,1-2H3,(H,23,27)(H,24,26). The van der Waals surface area contributed by atoms with Crippen molar-refractivity contribution in [3.05, 3.63) is 59.9 Å². The lowest BCUT2D eigenvalue weighted by molar-refractivity contribution is -0.124. The molecule has 1 aromatic heterocycles. The lowest BCUT2D eigenvalue weighted by atomic mass is 10.2. The smallest absolute Gasteiger partial charge is 0.254 e. The van der Waals surface area contributed by atoms with Crippen LogP contribution in [-0.4, -0.2) is 47.2 Å². The molecule has 28 heavy (non-hydrogen) atoms. The maximum absolute atomic E-state index is 12.6. The molecule has 0 aliphatic rings. The quantitative estimate of drug-likeness (QED) is 0.697. The number of unbranched alkanes of at least 4 members (excludes halogenated alkanes) is 1. The lowest BCUT2D eigenvalue weighted by Crippen LogP contribution is -2.43. The van der Waals surface area contributed by atoms with Gasteiger partial charge in [0.2, 0.25) is 11.8 Å². The fourth-order valence-corrected chi connectivity index (χ4v) is 2.53. The molecule has 0 atom stereocenters. The molecule has 0 fully saturated rings. The minimum Gasteiger partial charge on any atom is -0.345 e. The van der Waals surface area contributed by atoms with Crippen LogP contribution in [0.4, 0.5) is 5.69 Å². The average Bonchev–Trinajstić information content (AvgIpc) is 2.71. The number of benzene rings is 1. The zero-order valence-corrected chi connectivity index (χ0v) is 16.3. The maximum Gasteiger partial charge on any atom is 0.254 e. The van der Waals surface area contributed by atoms with Crippen molar-refractivity contribution in [3.8, 4) is 0 Å². The van der Waals surface area contributed by atoms with Crippen molar-refractivity contribution >= 4 is 23.4 Å². The minimum absolute atomic E-state index is 0.0982. The van der Waals surface area contributed by atoms with Crippen LogP contribution in [0.2, 0.25) is 0 Å². The fraction of sp³-hybridized carbons (Fsp3) is 0.333. The van der Waals surface area contributed by atoms with Crippen molar-refractivity contribution < 1.29 is 14.4 Å². The summed E-state index contributed by atoms with van der Waals surface area (Å²) in [4.78, 5) is 42.3. The van der Waals surface area contributed by atoms with Gasteiger partial charge in [-0.1, -0.05) is 31.0 Å². The van der Waals surface area contributed by atoms with E-state index in [1.807, 2.05) is 26.0 Å². The third-order valence-electron chi connectivity index (χ3n) is 4.11. The largest absolute Gasteiger partial charge is 0.345 e. The van der Waals surface area contributed by atoms with Crippen LogP contribution in [0.25, 0.3) is 0 Å². The molecule has 7 heteroatoms. The Labute approximate surface area is 165 Å². The van der Waals surface area contributed by atoms with Crippen LogP contribution >= 0.6 is 0 Å². The predicted octanol–water partition coefficient (Wildman–Crippen LogP) is 2.39. The van der Waals surface area contributed by atoms with E-state index in [0.717, 1.165) is 18.4 Å². The number of nitrogens with one attached hydrogen (secondary N) is 2. The molecule has 0 bridgehead atoms. The molecule has 0 spiro atoms. The predicted molar refractivity (Wildman–Crippen MR) is 108 cm³/mol. The molecule has 148 valence electrons. The van der Waals surface area contributed by atoms with E-state index in [0.29, 0.717) is 17.8 Å². The molecule has 0 saturated heterocycles. The van der Waals surface area contributed by atoms with Gasteiger partial charge in [0, 0.05) is 30.2 Å². The molecule has 0 radical (unpaired) electrons. The first-order valence-electron chi connectivity index (χ1n) is 9.32. The normalized spacial score (nSPS) is 10.2.